The van der Waals surface area contributed by atoms with Crippen LogP contribution in [0.3, 0.4) is 0 Å². The molecule has 1 aromatic carbocycles. The molecular weight excluding hydrogens is 286 g/mol. The maximum Gasteiger partial charge on any atom is 0.126 e. The smallest absolute Gasteiger partial charge is 0.126 e. The molecule has 0 bridgehead atoms. The highest BCUT2D eigenvalue weighted by Crippen LogP contribution is 2.33. The first-order chi connectivity index (χ1) is 10.1. The van der Waals surface area contributed by atoms with Gasteiger partial charge in [-0.3, -0.25) is 4.90 Å². The molecule has 1 aliphatic heterocycles. The molecule has 3 rings (SSSR count). The Hall–Kier alpha value is -1.65. The SMILES string of the molecule is Cc1cc(Cl)cc(O)c1-c1ccc(CN2CCCC2)nn1. The number of hydrogen-bond donors (Lipinski definition) is 1. The lowest BCUT2D eigenvalue weighted by Crippen LogP contribution is -2.19. The van der Waals surface area contributed by atoms with E-state index < -0.39 is 0 Å². The number of hydrogen-bond acceptors (Lipinski definition) is 4. The van der Waals surface area contributed by atoms with E-state index in [1.807, 2.05) is 25.1 Å². The molecule has 2 aromatic rings. The largest absolute Gasteiger partial charge is 0.507 e. The lowest BCUT2D eigenvalue weighted by atomic mass is 10.0. The van der Waals surface area contributed by atoms with Crippen molar-refractivity contribution in [2.45, 2.75) is 26.3 Å². The quantitative estimate of drug-likeness (QED) is 0.944. The normalized spacial score (nSPS) is 15.5. The maximum atomic E-state index is 10.1. The molecule has 21 heavy (non-hydrogen) atoms. The van der Waals surface area contributed by atoms with Crippen molar-refractivity contribution in [2.24, 2.45) is 0 Å². The topological polar surface area (TPSA) is 49.2 Å². The second-order valence-corrected chi connectivity index (χ2v) is 5.95. The van der Waals surface area contributed by atoms with Crippen LogP contribution in [0.5, 0.6) is 5.75 Å². The van der Waals surface area contributed by atoms with Crippen LogP contribution in [-0.2, 0) is 6.54 Å². The first kappa shape index (κ1) is 14.3. The molecule has 0 atom stereocenters. The van der Waals surface area contributed by atoms with Gasteiger partial charge in [0.15, 0.2) is 0 Å². The van der Waals surface area contributed by atoms with Crippen LogP contribution in [0.4, 0.5) is 0 Å². The van der Waals surface area contributed by atoms with Crippen LogP contribution in [0.2, 0.25) is 5.02 Å². The number of phenolic OH excluding ortho intramolecular Hbond substituents is 1. The standard InChI is InChI=1S/C16H18ClN3O/c1-11-8-12(17)9-15(21)16(11)14-5-4-13(18-19-14)10-20-6-2-3-7-20/h4-5,8-9,21H,2-3,6-7,10H2,1H3. The van der Waals surface area contributed by atoms with Gasteiger partial charge in [-0.1, -0.05) is 11.6 Å². The molecule has 0 unspecified atom stereocenters. The summed E-state index contributed by atoms with van der Waals surface area (Å²) in [6.45, 7) is 5.03. The first-order valence-electron chi connectivity index (χ1n) is 7.18. The minimum Gasteiger partial charge on any atom is -0.507 e. The molecule has 1 aromatic heterocycles. The Bertz CT molecular complexity index is 613. The number of nitrogens with zero attached hydrogens (tertiary/aromatic N) is 3. The van der Waals surface area contributed by atoms with Gasteiger partial charge in [0.25, 0.3) is 0 Å². The van der Waals surface area contributed by atoms with E-state index in [0.717, 1.165) is 30.9 Å². The third-order valence-electron chi connectivity index (χ3n) is 3.84. The molecule has 0 radical (unpaired) electrons. The molecule has 1 saturated heterocycles. The molecule has 1 N–H and O–H groups in total. The van der Waals surface area contributed by atoms with Gasteiger partial charge in [0.05, 0.1) is 11.4 Å². The van der Waals surface area contributed by atoms with Crippen molar-refractivity contribution in [3.63, 3.8) is 0 Å². The number of likely N-dealkylation sites (tertiary alicyclic amines) is 1. The fourth-order valence-corrected chi connectivity index (χ4v) is 3.07. The highest BCUT2D eigenvalue weighted by atomic mass is 35.5. The third-order valence-corrected chi connectivity index (χ3v) is 4.06. The molecule has 5 heteroatoms. The summed E-state index contributed by atoms with van der Waals surface area (Å²) in [5.74, 6) is 0.140. The van der Waals surface area contributed by atoms with E-state index in [1.54, 1.807) is 0 Å². The highest BCUT2D eigenvalue weighted by molar-refractivity contribution is 6.31. The van der Waals surface area contributed by atoms with Crippen LogP contribution >= 0.6 is 11.6 Å². The molecule has 0 spiro atoms. The first-order valence-corrected chi connectivity index (χ1v) is 7.56. The molecule has 0 amide bonds. The van der Waals surface area contributed by atoms with Gasteiger partial charge in [0, 0.05) is 17.1 Å². The Morgan fingerprint density at radius 3 is 2.57 bits per heavy atom. The fourth-order valence-electron chi connectivity index (χ4n) is 2.81. The average molecular weight is 304 g/mol. The van der Waals surface area contributed by atoms with Crippen molar-refractivity contribution in [3.8, 4) is 17.0 Å². The average Bonchev–Trinajstić information content (AvgIpc) is 2.92. The van der Waals surface area contributed by atoms with E-state index in [1.165, 1.54) is 18.9 Å². The van der Waals surface area contributed by atoms with E-state index in [9.17, 15) is 5.11 Å². The minimum atomic E-state index is 0.140. The number of aromatic nitrogens is 2. The summed E-state index contributed by atoms with van der Waals surface area (Å²) in [7, 11) is 0. The van der Waals surface area contributed by atoms with Crippen LogP contribution < -0.4 is 0 Å². The Labute approximate surface area is 129 Å². The van der Waals surface area contributed by atoms with Crippen molar-refractivity contribution >= 4 is 11.6 Å². The highest BCUT2D eigenvalue weighted by Gasteiger charge is 2.14. The van der Waals surface area contributed by atoms with Crippen LogP contribution in [0.25, 0.3) is 11.3 Å². The fraction of sp³-hybridized carbons (Fsp3) is 0.375. The molecule has 2 heterocycles. The summed E-state index contributed by atoms with van der Waals surface area (Å²) < 4.78 is 0. The Morgan fingerprint density at radius 1 is 1.19 bits per heavy atom. The summed E-state index contributed by atoms with van der Waals surface area (Å²) in [6, 6.07) is 7.24. The lowest BCUT2D eigenvalue weighted by Gasteiger charge is -2.13. The van der Waals surface area contributed by atoms with E-state index in [2.05, 4.69) is 15.1 Å². The number of aromatic hydroxyl groups is 1. The van der Waals surface area contributed by atoms with Gasteiger partial charge >= 0.3 is 0 Å². The predicted octanol–water partition coefficient (Wildman–Crippen LogP) is 3.41. The lowest BCUT2D eigenvalue weighted by molar-refractivity contribution is 0.326. The monoisotopic (exact) mass is 303 g/mol. The Kier molecular flexibility index (Phi) is 4.08. The van der Waals surface area contributed by atoms with Crippen LogP contribution in [0.15, 0.2) is 24.3 Å². The van der Waals surface area contributed by atoms with Crippen LogP contribution in [-0.4, -0.2) is 33.3 Å². The van der Waals surface area contributed by atoms with Gasteiger partial charge in [0.2, 0.25) is 0 Å². The molecule has 4 nitrogen and oxygen atoms in total. The predicted molar refractivity (Wildman–Crippen MR) is 83.4 cm³/mol. The van der Waals surface area contributed by atoms with E-state index in [0.29, 0.717) is 16.3 Å². The summed E-state index contributed by atoms with van der Waals surface area (Å²) in [5, 5.41) is 19.1. The number of phenols is 1. The summed E-state index contributed by atoms with van der Waals surface area (Å²) in [4.78, 5) is 2.38. The van der Waals surface area contributed by atoms with Crippen molar-refractivity contribution < 1.29 is 5.11 Å². The molecule has 1 aliphatic rings. The number of benzene rings is 1. The van der Waals surface area contributed by atoms with Gasteiger partial charge in [-0.15, -0.1) is 0 Å². The third kappa shape index (κ3) is 3.17. The molecule has 0 aliphatic carbocycles. The van der Waals surface area contributed by atoms with Gasteiger partial charge < -0.3 is 5.11 Å². The van der Waals surface area contributed by atoms with Crippen molar-refractivity contribution in [1.29, 1.82) is 0 Å². The van der Waals surface area contributed by atoms with Crippen LogP contribution in [0, 0.1) is 6.92 Å². The van der Waals surface area contributed by atoms with Gasteiger partial charge in [-0.25, -0.2) is 0 Å². The van der Waals surface area contributed by atoms with Crippen molar-refractivity contribution in [3.05, 3.63) is 40.5 Å². The maximum absolute atomic E-state index is 10.1. The van der Waals surface area contributed by atoms with Crippen LogP contribution in [0.1, 0.15) is 24.1 Å². The Morgan fingerprint density at radius 2 is 1.95 bits per heavy atom. The van der Waals surface area contributed by atoms with E-state index >= 15 is 0 Å². The van der Waals surface area contributed by atoms with Gasteiger partial charge in [-0.2, -0.15) is 10.2 Å². The van der Waals surface area contributed by atoms with Gasteiger partial charge in [0.1, 0.15) is 5.75 Å². The number of rotatable bonds is 3. The summed E-state index contributed by atoms with van der Waals surface area (Å²) in [5.41, 5.74) is 3.22. The van der Waals surface area contributed by atoms with Crippen molar-refractivity contribution in [2.75, 3.05) is 13.1 Å². The number of aryl methyl sites for hydroxylation is 1. The van der Waals surface area contributed by atoms with Crippen molar-refractivity contribution in [1.82, 2.24) is 15.1 Å². The van der Waals surface area contributed by atoms with Gasteiger partial charge in [-0.05, 0) is 62.7 Å². The summed E-state index contributed by atoms with van der Waals surface area (Å²) in [6.07, 6.45) is 2.53. The number of halogens is 1. The van der Waals surface area contributed by atoms with E-state index in [-0.39, 0.29) is 5.75 Å². The molecular formula is C16H18ClN3O. The molecule has 1 fully saturated rings. The molecule has 0 saturated carbocycles. The zero-order valence-electron chi connectivity index (χ0n) is 12.0. The summed E-state index contributed by atoms with van der Waals surface area (Å²) >= 11 is 5.93. The second-order valence-electron chi connectivity index (χ2n) is 5.51. The Balaban J connectivity index is 1.84. The molecule has 110 valence electrons. The zero-order chi connectivity index (χ0) is 14.8. The van der Waals surface area contributed by atoms with E-state index in [4.69, 9.17) is 11.6 Å². The minimum absolute atomic E-state index is 0.140. The zero-order valence-corrected chi connectivity index (χ0v) is 12.8. The second kappa shape index (κ2) is 6.00.